The predicted octanol–water partition coefficient (Wildman–Crippen LogP) is 0.920. The van der Waals surface area contributed by atoms with Gasteiger partial charge in [-0.3, -0.25) is 4.79 Å². The lowest BCUT2D eigenvalue weighted by Crippen LogP contribution is -2.46. The van der Waals surface area contributed by atoms with Crippen LogP contribution in [0.4, 0.5) is 0 Å². The third-order valence-corrected chi connectivity index (χ3v) is 3.60. The van der Waals surface area contributed by atoms with Crippen LogP contribution < -0.4 is 5.32 Å². The van der Waals surface area contributed by atoms with Crippen molar-refractivity contribution in [3.05, 3.63) is 18.0 Å². The molecule has 2 aliphatic rings. The molecule has 0 aromatic carbocycles. The fraction of sp³-hybridized carbons (Fsp3) is 0.636. The molecular weight excluding hydrogens is 242 g/mol. The molecule has 0 bridgehead atoms. The number of piperidine rings is 1. The van der Waals surface area contributed by atoms with Crippen molar-refractivity contribution >= 4 is 18.3 Å². The Hall–Kier alpha value is -1.07. The van der Waals surface area contributed by atoms with Crippen molar-refractivity contribution in [1.82, 2.24) is 15.4 Å². The molecule has 1 N–H and O–H groups in total. The Morgan fingerprint density at radius 3 is 3.18 bits per heavy atom. The van der Waals surface area contributed by atoms with Gasteiger partial charge in [0.2, 0.25) is 0 Å². The van der Waals surface area contributed by atoms with Crippen LogP contribution in [0.3, 0.4) is 0 Å². The van der Waals surface area contributed by atoms with E-state index in [1.165, 1.54) is 12.7 Å². The zero-order valence-electron chi connectivity index (χ0n) is 9.46. The Morgan fingerprint density at radius 1 is 1.53 bits per heavy atom. The molecule has 2 fully saturated rings. The summed E-state index contributed by atoms with van der Waals surface area (Å²) in [4.78, 5) is 13.9. The first-order valence-electron chi connectivity index (χ1n) is 5.77. The van der Waals surface area contributed by atoms with Crippen LogP contribution in [0, 0.1) is 5.92 Å². The lowest BCUT2D eigenvalue weighted by molar-refractivity contribution is 0.0651. The van der Waals surface area contributed by atoms with E-state index in [9.17, 15) is 4.79 Å². The van der Waals surface area contributed by atoms with Crippen molar-refractivity contribution in [3.63, 3.8) is 0 Å². The van der Waals surface area contributed by atoms with Gasteiger partial charge < -0.3 is 14.7 Å². The van der Waals surface area contributed by atoms with Gasteiger partial charge >= 0.3 is 0 Å². The Morgan fingerprint density at radius 2 is 2.41 bits per heavy atom. The average molecular weight is 258 g/mol. The quantitative estimate of drug-likeness (QED) is 0.813. The number of amides is 1. The number of hydrogen-bond donors (Lipinski definition) is 1. The maximum atomic E-state index is 12.0. The maximum Gasteiger partial charge on any atom is 0.276 e. The summed E-state index contributed by atoms with van der Waals surface area (Å²) >= 11 is 0. The standard InChI is InChI=1S/C11H15N3O2.ClH/c15-11(10-3-6-16-13-10)14-5-2-9-8(7-14)1-4-12-9;/h3,6,8-9,12H,1-2,4-5,7H2;1H. The summed E-state index contributed by atoms with van der Waals surface area (Å²) in [5.41, 5.74) is 0.421. The van der Waals surface area contributed by atoms with Gasteiger partial charge in [0.15, 0.2) is 5.69 Å². The second kappa shape index (κ2) is 5.06. The number of hydrogen-bond acceptors (Lipinski definition) is 4. The monoisotopic (exact) mass is 257 g/mol. The average Bonchev–Trinajstić information content (AvgIpc) is 2.98. The summed E-state index contributed by atoms with van der Waals surface area (Å²) in [6, 6.07) is 2.24. The number of carbonyl (C=O) groups is 1. The van der Waals surface area contributed by atoms with E-state index in [-0.39, 0.29) is 18.3 Å². The minimum absolute atomic E-state index is 0. The first-order chi connectivity index (χ1) is 7.84. The first-order valence-corrected chi connectivity index (χ1v) is 5.77. The summed E-state index contributed by atoms with van der Waals surface area (Å²) in [7, 11) is 0. The molecule has 2 saturated heterocycles. The molecular formula is C11H16ClN3O2. The van der Waals surface area contributed by atoms with Crippen LogP contribution in [0.25, 0.3) is 0 Å². The molecule has 0 saturated carbocycles. The number of halogens is 1. The molecule has 0 radical (unpaired) electrons. The summed E-state index contributed by atoms with van der Waals surface area (Å²) in [6.45, 7) is 2.75. The van der Waals surface area contributed by atoms with Crippen LogP contribution in [0.2, 0.25) is 0 Å². The predicted molar refractivity (Wildman–Crippen MR) is 64.2 cm³/mol. The molecule has 2 aliphatic heterocycles. The van der Waals surface area contributed by atoms with Crippen molar-refractivity contribution in [2.45, 2.75) is 18.9 Å². The maximum absolute atomic E-state index is 12.0. The molecule has 0 aliphatic carbocycles. The van der Waals surface area contributed by atoms with Crippen molar-refractivity contribution in [3.8, 4) is 0 Å². The fourth-order valence-electron chi connectivity index (χ4n) is 2.72. The van der Waals surface area contributed by atoms with E-state index in [4.69, 9.17) is 4.52 Å². The van der Waals surface area contributed by atoms with Crippen LogP contribution in [-0.4, -0.2) is 41.6 Å². The first kappa shape index (κ1) is 12.4. The van der Waals surface area contributed by atoms with Gasteiger partial charge in [-0.05, 0) is 25.3 Å². The van der Waals surface area contributed by atoms with Crippen molar-refractivity contribution in [1.29, 1.82) is 0 Å². The fourth-order valence-corrected chi connectivity index (χ4v) is 2.72. The zero-order valence-corrected chi connectivity index (χ0v) is 10.3. The third-order valence-electron chi connectivity index (χ3n) is 3.60. The van der Waals surface area contributed by atoms with E-state index in [1.807, 2.05) is 4.90 Å². The highest BCUT2D eigenvalue weighted by atomic mass is 35.5. The number of nitrogens with one attached hydrogen (secondary N) is 1. The Labute approximate surface area is 106 Å². The Bertz CT molecular complexity index is 382. The number of rotatable bonds is 1. The summed E-state index contributed by atoms with van der Waals surface area (Å²) in [5.74, 6) is 0.615. The lowest BCUT2D eigenvalue weighted by Gasteiger charge is -2.34. The minimum atomic E-state index is -0.000833. The minimum Gasteiger partial charge on any atom is -0.364 e. The van der Waals surface area contributed by atoms with E-state index in [1.54, 1.807) is 6.07 Å². The second-order valence-corrected chi connectivity index (χ2v) is 4.53. The highest BCUT2D eigenvalue weighted by molar-refractivity contribution is 5.92. The highest BCUT2D eigenvalue weighted by Gasteiger charge is 2.34. The van der Waals surface area contributed by atoms with Crippen LogP contribution in [-0.2, 0) is 0 Å². The Balaban J connectivity index is 0.00000108. The molecule has 1 amide bonds. The number of fused-ring (bicyclic) bond motifs is 1. The van der Waals surface area contributed by atoms with Crippen LogP contribution in [0.1, 0.15) is 23.3 Å². The van der Waals surface area contributed by atoms with Gasteiger partial charge in [-0.25, -0.2) is 0 Å². The number of aromatic nitrogens is 1. The van der Waals surface area contributed by atoms with E-state index >= 15 is 0 Å². The largest absolute Gasteiger partial charge is 0.364 e. The molecule has 0 spiro atoms. The van der Waals surface area contributed by atoms with E-state index < -0.39 is 0 Å². The van der Waals surface area contributed by atoms with Gasteiger partial charge in [0, 0.05) is 25.2 Å². The van der Waals surface area contributed by atoms with Gasteiger partial charge in [-0.1, -0.05) is 5.16 Å². The number of nitrogens with zero attached hydrogens (tertiary/aromatic N) is 2. The summed E-state index contributed by atoms with van der Waals surface area (Å²) < 4.78 is 4.70. The van der Waals surface area contributed by atoms with Crippen LogP contribution in [0.15, 0.2) is 16.9 Å². The highest BCUT2D eigenvalue weighted by Crippen LogP contribution is 2.25. The van der Waals surface area contributed by atoms with Crippen LogP contribution in [0.5, 0.6) is 0 Å². The topological polar surface area (TPSA) is 58.4 Å². The molecule has 2 unspecified atom stereocenters. The van der Waals surface area contributed by atoms with Gasteiger partial charge in [-0.2, -0.15) is 0 Å². The van der Waals surface area contributed by atoms with E-state index in [0.717, 1.165) is 26.1 Å². The zero-order chi connectivity index (χ0) is 11.0. The lowest BCUT2D eigenvalue weighted by atomic mass is 9.93. The number of carbonyl (C=O) groups excluding carboxylic acids is 1. The Kier molecular flexibility index (Phi) is 3.69. The van der Waals surface area contributed by atoms with E-state index in [2.05, 4.69) is 10.5 Å². The van der Waals surface area contributed by atoms with Crippen molar-refractivity contribution in [2.24, 2.45) is 5.92 Å². The van der Waals surface area contributed by atoms with Crippen molar-refractivity contribution < 1.29 is 9.32 Å². The van der Waals surface area contributed by atoms with Gasteiger partial charge in [0.25, 0.3) is 5.91 Å². The smallest absolute Gasteiger partial charge is 0.276 e. The summed E-state index contributed by atoms with van der Waals surface area (Å²) in [5, 5.41) is 7.18. The molecule has 5 nitrogen and oxygen atoms in total. The second-order valence-electron chi connectivity index (χ2n) is 4.53. The molecule has 17 heavy (non-hydrogen) atoms. The van der Waals surface area contributed by atoms with Gasteiger partial charge in [0.05, 0.1) is 0 Å². The molecule has 1 aromatic heterocycles. The van der Waals surface area contributed by atoms with Crippen LogP contribution >= 0.6 is 12.4 Å². The third kappa shape index (κ3) is 2.30. The molecule has 3 rings (SSSR count). The number of likely N-dealkylation sites (tertiary alicyclic amines) is 1. The van der Waals surface area contributed by atoms with Crippen molar-refractivity contribution in [2.75, 3.05) is 19.6 Å². The molecule has 2 atom stereocenters. The van der Waals surface area contributed by atoms with Gasteiger partial charge in [0.1, 0.15) is 6.26 Å². The normalized spacial score (nSPS) is 27.4. The molecule has 1 aromatic rings. The van der Waals surface area contributed by atoms with Gasteiger partial charge in [-0.15, -0.1) is 12.4 Å². The summed E-state index contributed by atoms with van der Waals surface area (Å²) in [6.07, 6.45) is 3.67. The molecule has 6 heteroatoms. The van der Waals surface area contributed by atoms with E-state index in [0.29, 0.717) is 17.7 Å². The SMILES string of the molecule is Cl.O=C(c1ccon1)N1CCC2NCCC2C1. The molecule has 3 heterocycles. The molecule has 94 valence electrons.